The van der Waals surface area contributed by atoms with E-state index in [0.717, 1.165) is 5.57 Å². The first-order valence-corrected chi connectivity index (χ1v) is 7.59. The van der Waals surface area contributed by atoms with Gasteiger partial charge in [0.15, 0.2) is 5.88 Å². The van der Waals surface area contributed by atoms with Crippen LogP contribution in [0.15, 0.2) is 16.4 Å². The van der Waals surface area contributed by atoms with Crippen LogP contribution in [0.3, 0.4) is 0 Å². The van der Waals surface area contributed by atoms with Gasteiger partial charge in [0.2, 0.25) is 0 Å². The first kappa shape index (κ1) is 16.0. The zero-order valence-electron chi connectivity index (χ0n) is 10.9. The number of ether oxygens (including phenoxy) is 1. The number of hydrogen-bond donors (Lipinski definition) is 1. The van der Waals surface area contributed by atoms with E-state index in [4.69, 9.17) is 10.5 Å². The van der Waals surface area contributed by atoms with Crippen molar-refractivity contribution in [1.82, 2.24) is 0 Å². The Hall–Kier alpha value is -1.04. The molecule has 0 radical (unpaired) electrons. The Morgan fingerprint density at radius 3 is 2.53 bits per heavy atom. The Morgan fingerprint density at radius 1 is 1.53 bits per heavy atom. The molecule has 0 aliphatic heterocycles. The largest absolute Gasteiger partial charge is 0.476 e. The summed E-state index contributed by atoms with van der Waals surface area (Å²) in [4.78, 5) is 3.84. The molecule has 100 valence electrons. The van der Waals surface area contributed by atoms with E-state index in [1.165, 1.54) is 6.26 Å². The molecular formula is C11H22N2O3S. The minimum Gasteiger partial charge on any atom is -0.476 e. The third-order valence-corrected chi connectivity index (χ3v) is 3.25. The molecule has 0 aromatic heterocycles. The van der Waals surface area contributed by atoms with Gasteiger partial charge < -0.3 is 10.5 Å². The summed E-state index contributed by atoms with van der Waals surface area (Å²) in [5, 5.41) is 0. The highest BCUT2D eigenvalue weighted by Crippen LogP contribution is 2.10. The number of allylic oxidation sites excluding steroid dienone is 1. The van der Waals surface area contributed by atoms with Gasteiger partial charge in [-0.2, -0.15) is 0 Å². The quantitative estimate of drug-likeness (QED) is 0.550. The molecule has 0 rings (SSSR count). The van der Waals surface area contributed by atoms with Crippen LogP contribution in [0.5, 0.6) is 0 Å². The first-order chi connectivity index (χ1) is 7.80. The number of sulfone groups is 1. The maximum absolute atomic E-state index is 11.1. The van der Waals surface area contributed by atoms with Crippen molar-refractivity contribution < 1.29 is 13.2 Å². The molecule has 1 unspecified atom stereocenters. The molecule has 2 N–H and O–H groups in total. The van der Waals surface area contributed by atoms with Crippen LogP contribution in [-0.4, -0.2) is 39.8 Å². The molecule has 6 heteroatoms. The Morgan fingerprint density at radius 2 is 2.12 bits per heavy atom. The zero-order chi connectivity index (χ0) is 13.5. The second kappa shape index (κ2) is 7.32. The summed E-state index contributed by atoms with van der Waals surface area (Å²) in [5.74, 6) is 0.413. The van der Waals surface area contributed by atoms with E-state index in [2.05, 4.69) is 4.99 Å². The molecule has 0 aromatic carbocycles. The molecule has 5 nitrogen and oxygen atoms in total. The highest BCUT2D eigenvalue weighted by Gasteiger charge is 2.13. The van der Waals surface area contributed by atoms with E-state index in [0.29, 0.717) is 18.7 Å². The summed E-state index contributed by atoms with van der Waals surface area (Å²) in [6.45, 7) is 3.73. The highest BCUT2D eigenvalue weighted by molar-refractivity contribution is 7.90. The fraction of sp³-hybridized carbons (Fsp3) is 0.727. The molecule has 0 aromatic rings. The monoisotopic (exact) mass is 262 g/mol. The lowest BCUT2D eigenvalue weighted by atomic mass is 10.2. The number of nitrogens with two attached hydrogens (primary N) is 1. The molecule has 0 amide bonds. The Kier molecular flexibility index (Phi) is 6.87. The third kappa shape index (κ3) is 7.79. The number of rotatable bonds is 7. The fourth-order valence-corrected chi connectivity index (χ4v) is 1.91. The lowest BCUT2D eigenvalue weighted by Gasteiger charge is -2.17. The van der Waals surface area contributed by atoms with Crippen LogP contribution < -0.4 is 5.73 Å². The molecule has 0 bridgehead atoms. The Balaban J connectivity index is 4.46. The summed E-state index contributed by atoms with van der Waals surface area (Å²) in [6.07, 6.45) is 3.82. The lowest BCUT2D eigenvalue weighted by Crippen LogP contribution is -2.20. The molecule has 17 heavy (non-hydrogen) atoms. The van der Waals surface area contributed by atoms with Crippen LogP contribution in [0, 0.1) is 0 Å². The normalized spacial score (nSPS) is 15.8. The van der Waals surface area contributed by atoms with Crippen LogP contribution >= 0.6 is 0 Å². The van der Waals surface area contributed by atoms with Crippen molar-refractivity contribution in [2.75, 3.05) is 19.1 Å². The average Bonchev–Trinajstić information content (AvgIpc) is 2.22. The van der Waals surface area contributed by atoms with Crippen LogP contribution in [-0.2, 0) is 14.6 Å². The van der Waals surface area contributed by atoms with Crippen molar-refractivity contribution in [2.24, 2.45) is 10.7 Å². The summed E-state index contributed by atoms with van der Waals surface area (Å²) >= 11 is 0. The Bertz CT molecular complexity index is 386. The molecule has 0 fully saturated rings. The standard InChI is InChI=1S/C11H22N2O3S/c1-5-10(6-7-17(4,14)15)16-11(12)9(2)8-13-3/h8,10H,5-7,12H2,1-4H3. The minimum atomic E-state index is -2.96. The lowest BCUT2D eigenvalue weighted by molar-refractivity contribution is 0.106. The van der Waals surface area contributed by atoms with Crippen LogP contribution in [0.1, 0.15) is 26.7 Å². The third-order valence-electron chi connectivity index (χ3n) is 2.27. The van der Waals surface area contributed by atoms with E-state index < -0.39 is 9.84 Å². The van der Waals surface area contributed by atoms with Gasteiger partial charge in [-0.1, -0.05) is 6.92 Å². The number of nitrogens with zero attached hydrogens (tertiary/aromatic N) is 1. The van der Waals surface area contributed by atoms with E-state index in [1.807, 2.05) is 6.92 Å². The van der Waals surface area contributed by atoms with Gasteiger partial charge in [-0.15, -0.1) is 0 Å². The summed E-state index contributed by atoms with van der Waals surface area (Å²) in [5.41, 5.74) is 6.48. The van der Waals surface area contributed by atoms with Gasteiger partial charge in [0.05, 0.1) is 5.75 Å². The van der Waals surface area contributed by atoms with Gasteiger partial charge >= 0.3 is 0 Å². The zero-order valence-corrected chi connectivity index (χ0v) is 11.8. The highest BCUT2D eigenvalue weighted by atomic mass is 32.2. The molecule has 0 aliphatic rings. The predicted molar refractivity (Wildman–Crippen MR) is 70.8 cm³/mol. The van der Waals surface area contributed by atoms with Gasteiger partial charge in [-0.3, -0.25) is 4.99 Å². The SMILES string of the molecule is CCC(CCS(C)(=O)=O)OC(N)=C(C)C=NC. The molecule has 0 spiro atoms. The molecule has 1 atom stereocenters. The summed E-state index contributed by atoms with van der Waals surface area (Å²) in [6, 6.07) is 0. The first-order valence-electron chi connectivity index (χ1n) is 5.53. The number of hydrogen-bond acceptors (Lipinski definition) is 5. The summed E-state index contributed by atoms with van der Waals surface area (Å²) in [7, 11) is -1.31. The predicted octanol–water partition coefficient (Wildman–Crippen LogP) is 1.11. The van der Waals surface area contributed by atoms with Crippen molar-refractivity contribution >= 4 is 16.1 Å². The Labute approximate surface area is 104 Å². The topological polar surface area (TPSA) is 81.8 Å². The number of aliphatic imine (C=N–C) groups is 1. The van der Waals surface area contributed by atoms with Crippen LogP contribution in [0.25, 0.3) is 0 Å². The second-order valence-corrected chi connectivity index (χ2v) is 6.26. The molecule has 0 aliphatic carbocycles. The van der Waals surface area contributed by atoms with Crippen LogP contribution in [0.2, 0.25) is 0 Å². The van der Waals surface area contributed by atoms with Crippen molar-refractivity contribution in [3.8, 4) is 0 Å². The molecule has 0 saturated carbocycles. The second-order valence-electron chi connectivity index (χ2n) is 4.00. The summed E-state index contributed by atoms with van der Waals surface area (Å²) < 4.78 is 27.6. The van der Waals surface area contributed by atoms with E-state index in [1.54, 1.807) is 20.2 Å². The van der Waals surface area contributed by atoms with Gasteiger partial charge in [-0.05, 0) is 19.8 Å². The minimum absolute atomic E-state index is 0.111. The van der Waals surface area contributed by atoms with Crippen molar-refractivity contribution in [3.63, 3.8) is 0 Å². The van der Waals surface area contributed by atoms with Crippen molar-refractivity contribution in [1.29, 1.82) is 0 Å². The van der Waals surface area contributed by atoms with Gasteiger partial charge in [0, 0.05) is 25.1 Å². The molecular weight excluding hydrogens is 240 g/mol. The van der Waals surface area contributed by atoms with Gasteiger partial charge in [-0.25, -0.2) is 8.42 Å². The van der Waals surface area contributed by atoms with Gasteiger partial charge in [0.25, 0.3) is 0 Å². The van der Waals surface area contributed by atoms with E-state index in [-0.39, 0.29) is 11.9 Å². The van der Waals surface area contributed by atoms with Gasteiger partial charge in [0.1, 0.15) is 15.9 Å². The molecule has 0 heterocycles. The van der Waals surface area contributed by atoms with Crippen molar-refractivity contribution in [3.05, 3.63) is 11.5 Å². The maximum atomic E-state index is 11.1. The van der Waals surface area contributed by atoms with E-state index in [9.17, 15) is 8.42 Å². The van der Waals surface area contributed by atoms with E-state index >= 15 is 0 Å². The maximum Gasteiger partial charge on any atom is 0.188 e. The fourth-order valence-electron chi connectivity index (χ4n) is 1.22. The van der Waals surface area contributed by atoms with Crippen molar-refractivity contribution in [2.45, 2.75) is 32.8 Å². The van der Waals surface area contributed by atoms with Crippen LogP contribution in [0.4, 0.5) is 0 Å². The smallest absolute Gasteiger partial charge is 0.188 e. The average molecular weight is 262 g/mol. The molecule has 0 saturated heterocycles.